The zero-order chi connectivity index (χ0) is 13.9. The number of carbonyl (C=O) groups excluding carboxylic acids is 1. The minimum Gasteiger partial charge on any atom is -0.387 e. The van der Waals surface area contributed by atoms with Gasteiger partial charge in [0.15, 0.2) is 0 Å². The quantitative estimate of drug-likeness (QED) is 0.895. The van der Waals surface area contributed by atoms with E-state index in [1.54, 1.807) is 12.4 Å². The largest absolute Gasteiger partial charge is 0.387 e. The lowest BCUT2D eigenvalue weighted by atomic mass is 9.89. The highest BCUT2D eigenvalue weighted by molar-refractivity contribution is 5.99. The Balaban J connectivity index is 1.85. The number of ether oxygens (including phenoxy) is 1. The summed E-state index contributed by atoms with van der Waals surface area (Å²) in [5, 5.41) is 3.07. The zero-order valence-corrected chi connectivity index (χ0v) is 11.8. The molecule has 1 amide bonds. The van der Waals surface area contributed by atoms with E-state index in [0.717, 1.165) is 18.5 Å². The maximum Gasteiger partial charge on any atom is 0.257 e. The summed E-state index contributed by atoms with van der Waals surface area (Å²) in [6.07, 6.45) is 8.08. The second-order valence-electron chi connectivity index (χ2n) is 5.43. The van der Waals surface area contributed by atoms with Gasteiger partial charge < -0.3 is 15.0 Å². The van der Waals surface area contributed by atoms with Crippen LogP contribution in [0.25, 0.3) is 0 Å². The van der Waals surface area contributed by atoms with Crippen molar-refractivity contribution in [3.8, 4) is 0 Å². The SMILES string of the molecule is CNc1ccncc1C(=O)N1CCOC2CCCCC21. The fourth-order valence-electron chi connectivity index (χ4n) is 3.29. The van der Waals surface area contributed by atoms with Crippen LogP contribution >= 0.6 is 0 Å². The second kappa shape index (κ2) is 5.79. The standard InChI is InChI=1S/C15H21N3O2/c1-16-12-6-7-17-10-11(12)15(19)18-8-9-20-14-5-3-2-4-13(14)18/h6-7,10,13-14H,2-5,8-9H2,1H3,(H,16,17). The minimum atomic E-state index is 0.0719. The molecule has 1 aromatic heterocycles. The number of carbonyl (C=O) groups is 1. The molecule has 2 unspecified atom stereocenters. The number of amides is 1. The molecular formula is C15H21N3O2. The molecule has 2 fully saturated rings. The van der Waals surface area contributed by atoms with Gasteiger partial charge in [-0.2, -0.15) is 0 Å². The van der Waals surface area contributed by atoms with Gasteiger partial charge >= 0.3 is 0 Å². The van der Waals surface area contributed by atoms with Crippen LogP contribution in [0.2, 0.25) is 0 Å². The monoisotopic (exact) mass is 275 g/mol. The van der Waals surface area contributed by atoms with Crippen LogP contribution in [0.1, 0.15) is 36.0 Å². The second-order valence-corrected chi connectivity index (χ2v) is 5.43. The Morgan fingerprint density at radius 3 is 3.15 bits per heavy atom. The summed E-state index contributed by atoms with van der Waals surface area (Å²) in [6, 6.07) is 2.07. The van der Waals surface area contributed by atoms with Crippen molar-refractivity contribution in [1.82, 2.24) is 9.88 Å². The molecule has 0 spiro atoms. The van der Waals surface area contributed by atoms with E-state index in [1.165, 1.54) is 12.8 Å². The molecule has 0 radical (unpaired) electrons. The number of hydrogen-bond acceptors (Lipinski definition) is 4. The molecular weight excluding hydrogens is 254 g/mol. The maximum atomic E-state index is 12.8. The van der Waals surface area contributed by atoms with E-state index in [9.17, 15) is 4.79 Å². The Bertz CT molecular complexity index is 490. The number of fused-ring (bicyclic) bond motifs is 1. The van der Waals surface area contributed by atoms with Gasteiger partial charge in [0.05, 0.1) is 24.3 Å². The number of nitrogens with zero attached hydrogens (tertiary/aromatic N) is 2. The lowest BCUT2D eigenvalue weighted by Crippen LogP contribution is -2.54. The number of hydrogen-bond donors (Lipinski definition) is 1. The lowest BCUT2D eigenvalue weighted by Gasteiger charge is -2.43. The van der Waals surface area contributed by atoms with Gasteiger partial charge in [0, 0.05) is 31.7 Å². The predicted octanol–water partition coefficient (Wildman–Crippen LogP) is 1.91. The van der Waals surface area contributed by atoms with E-state index >= 15 is 0 Å². The van der Waals surface area contributed by atoms with E-state index in [0.29, 0.717) is 18.7 Å². The minimum absolute atomic E-state index is 0.0719. The van der Waals surface area contributed by atoms with Crippen molar-refractivity contribution in [1.29, 1.82) is 0 Å². The number of pyridine rings is 1. The third-order valence-electron chi connectivity index (χ3n) is 4.31. The van der Waals surface area contributed by atoms with E-state index in [1.807, 2.05) is 18.0 Å². The van der Waals surface area contributed by atoms with Crippen LogP contribution in [0.4, 0.5) is 5.69 Å². The first-order valence-corrected chi connectivity index (χ1v) is 7.35. The smallest absolute Gasteiger partial charge is 0.257 e. The zero-order valence-electron chi connectivity index (χ0n) is 11.8. The molecule has 1 N–H and O–H groups in total. The van der Waals surface area contributed by atoms with E-state index < -0.39 is 0 Å². The third kappa shape index (κ3) is 2.38. The van der Waals surface area contributed by atoms with Crippen molar-refractivity contribution in [2.24, 2.45) is 0 Å². The van der Waals surface area contributed by atoms with Gasteiger partial charge in [0.25, 0.3) is 5.91 Å². The Morgan fingerprint density at radius 1 is 1.45 bits per heavy atom. The summed E-state index contributed by atoms with van der Waals surface area (Å²) in [5.74, 6) is 0.0719. The van der Waals surface area contributed by atoms with Crippen molar-refractivity contribution >= 4 is 11.6 Å². The molecule has 2 heterocycles. The normalized spacial score (nSPS) is 25.9. The molecule has 1 saturated carbocycles. The highest BCUT2D eigenvalue weighted by Crippen LogP contribution is 2.30. The lowest BCUT2D eigenvalue weighted by molar-refractivity contribution is -0.0752. The Kier molecular flexibility index (Phi) is 3.87. The van der Waals surface area contributed by atoms with Crippen molar-refractivity contribution < 1.29 is 9.53 Å². The molecule has 3 rings (SSSR count). The van der Waals surface area contributed by atoms with Crippen LogP contribution in [-0.4, -0.2) is 48.1 Å². The van der Waals surface area contributed by atoms with Crippen LogP contribution < -0.4 is 5.32 Å². The first-order chi connectivity index (χ1) is 9.81. The Morgan fingerprint density at radius 2 is 2.30 bits per heavy atom. The van der Waals surface area contributed by atoms with Crippen LogP contribution in [0, 0.1) is 0 Å². The maximum absolute atomic E-state index is 12.8. The van der Waals surface area contributed by atoms with Crippen LogP contribution in [-0.2, 0) is 4.74 Å². The molecule has 2 aliphatic rings. The topological polar surface area (TPSA) is 54.5 Å². The summed E-state index contributed by atoms with van der Waals surface area (Å²) < 4.78 is 5.83. The molecule has 1 saturated heterocycles. The van der Waals surface area contributed by atoms with Gasteiger partial charge in [0.2, 0.25) is 0 Å². The number of anilines is 1. The highest BCUT2D eigenvalue weighted by atomic mass is 16.5. The summed E-state index contributed by atoms with van der Waals surface area (Å²) in [4.78, 5) is 18.9. The number of aromatic nitrogens is 1. The van der Waals surface area contributed by atoms with Crippen LogP contribution in [0.5, 0.6) is 0 Å². The molecule has 1 aliphatic heterocycles. The highest BCUT2D eigenvalue weighted by Gasteiger charge is 2.37. The first kappa shape index (κ1) is 13.4. The van der Waals surface area contributed by atoms with Gasteiger partial charge in [0.1, 0.15) is 0 Å². The van der Waals surface area contributed by atoms with E-state index in [2.05, 4.69) is 10.3 Å². The van der Waals surface area contributed by atoms with Crippen LogP contribution in [0.15, 0.2) is 18.5 Å². The van der Waals surface area contributed by atoms with Gasteiger partial charge in [-0.15, -0.1) is 0 Å². The first-order valence-electron chi connectivity index (χ1n) is 7.35. The van der Waals surface area contributed by atoms with Crippen molar-refractivity contribution in [3.05, 3.63) is 24.0 Å². The van der Waals surface area contributed by atoms with Crippen molar-refractivity contribution in [2.75, 3.05) is 25.5 Å². The average molecular weight is 275 g/mol. The van der Waals surface area contributed by atoms with Gasteiger partial charge in [-0.3, -0.25) is 9.78 Å². The van der Waals surface area contributed by atoms with Gasteiger partial charge in [-0.25, -0.2) is 0 Å². The Labute approximate surface area is 119 Å². The number of rotatable bonds is 2. The molecule has 5 nitrogen and oxygen atoms in total. The van der Waals surface area contributed by atoms with Crippen LogP contribution in [0.3, 0.4) is 0 Å². The number of nitrogens with one attached hydrogen (secondary N) is 1. The summed E-state index contributed by atoms with van der Waals surface area (Å²) in [6.45, 7) is 1.32. The molecule has 0 aromatic carbocycles. The summed E-state index contributed by atoms with van der Waals surface area (Å²) >= 11 is 0. The van der Waals surface area contributed by atoms with Gasteiger partial charge in [-0.05, 0) is 18.9 Å². The fraction of sp³-hybridized carbons (Fsp3) is 0.600. The van der Waals surface area contributed by atoms with E-state index in [4.69, 9.17) is 4.74 Å². The van der Waals surface area contributed by atoms with Crippen molar-refractivity contribution in [2.45, 2.75) is 37.8 Å². The van der Waals surface area contributed by atoms with Crippen molar-refractivity contribution in [3.63, 3.8) is 0 Å². The molecule has 0 bridgehead atoms. The molecule has 108 valence electrons. The number of morpholine rings is 1. The molecule has 20 heavy (non-hydrogen) atoms. The summed E-state index contributed by atoms with van der Waals surface area (Å²) in [7, 11) is 1.83. The average Bonchev–Trinajstić information content (AvgIpc) is 2.53. The molecule has 1 aromatic rings. The summed E-state index contributed by atoms with van der Waals surface area (Å²) in [5.41, 5.74) is 1.49. The molecule has 2 atom stereocenters. The molecule has 1 aliphatic carbocycles. The van der Waals surface area contributed by atoms with Gasteiger partial charge in [-0.1, -0.05) is 12.8 Å². The van der Waals surface area contributed by atoms with E-state index in [-0.39, 0.29) is 18.1 Å². The fourth-order valence-corrected chi connectivity index (χ4v) is 3.29. The molecule has 5 heteroatoms. The third-order valence-corrected chi connectivity index (χ3v) is 4.31. The Hall–Kier alpha value is -1.62. The predicted molar refractivity (Wildman–Crippen MR) is 76.8 cm³/mol.